The second kappa shape index (κ2) is 8.30. The quantitative estimate of drug-likeness (QED) is 0.719. The van der Waals surface area contributed by atoms with Crippen LogP contribution in [0.15, 0.2) is 18.2 Å². The highest BCUT2D eigenvalue weighted by Gasteiger charge is 2.29. The van der Waals surface area contributed by atoms with E-state index in [0.29, 0.717) is 28.8 Å². The summed E-state index contributed by atoms with van der Waals surface area (Å²) in [4.78, 5) is 14.3. The fourth-order valence-electron chi connectivity index (χ4n) is 2.56. The minimum absolute atomic E-state index is 0.00497. The first-order valence-corrected chi connectivity index (χ1v) is 11.4. The number of benzene rings is 1. The average Bonchev–Trinajstić information content (AvgIpc) is 2.85. The minimum atomic E-state index is -2.91. The van der Waals surface area contributed by atoms with Gasteiger partial charge < -0.3 is 4.90 Å². The Morgan fingerprint density at radius 2 is 2.04 bits per heavy atom. The molecule has 2 rings (SSSR count). The topological polar surface area (TPSA) is 54.5 Å². The number of carbonyl (C=O) groups excluding carboxylic acids is 1. The number of thioether (sulfide) groups is 1. The molecule has 1 aromatic rings. The van der Waals surface area contributed by atoms with Crippen LogP contribution in [0.1, 0.15) is 25.8 Å². The smallest absolute Gasteiger partial charge is 0.233 e. The van der Waals surface area contributed by atoms with Crippen molar-refractivity contribution in [1.82, 2.24) is 4.90 Å². The van der Waals surface area contributed by atoms with Crippen LogP contribution in [0.25, 0.3) is 0 Å². The first kappa shape index (κ1) is 19.9. The number of hydrogen-bond donors (Lipinski definition) is 0. The molecule has 1 aromatic carbocycles. The van der Waals surface area contributed by atoms with Crippen LogP contribution in [0.4, 0.5) is 0 Å². The van der Waals surface area contributed by atoms with Crippen molar-refractivity contribution >= 4 is 50.7 Å². The van der Waals surface area contributed by atoms with Crippen LogP contribution in [-0.4, -0.2) is 47.8 Å². The molecule has 0 radical (unpaired) electrons. The molecule has 1 saturated heterocycles. The Morgan fingerprint density at radius 1 is 1.33 bits per heavy atom. The molecule has 1 unspecified atom stereocenters. The molecule has 0 aliphatic carbocycles. The Labute approximate surface area is 157 Å². The van der Waals surface area contributed by atoms with Crippen molar-refractivity contribution in [3.05, 3.63) is 33.8 Å². The van der Waals surface area contributed by atoms with Gasteiger partial charge in [-0.05, 0) is 38.0 Å². The van der Waals surface area contributed by atoms with Gasteiger partial charge in [0.1, 0.15) is 0 Å². The van der Waals surface area contributed by atoms with Gasteiger partial charge in [0, 0.05) is 17.8 Å². The summed E-state index contributed by atoms with van der Waals surface area (Å²) >= 11 is 13.4. The third kappa shape index (κ3) is 5.55. The summed E-state index contributed by atoms with van der Waals surface area (Å²) in [6.07, 6.45) is 0.634. The molecule has 134 valence electrons. The van der Waals surface area contributed by atoms with E-state index in [1.54, 1.807) is 17.0 Å². The Kier molecular flexibility index (Phi) is 6.88. The molecule has 0 bridgehead atoms. The first-order valence-electron chi connectivity index (χ1n) is 7.73. The van der Waals surface area contributed by atoms with Crippen molar-refractivity contribution in [1.29, 1.82) is 0 Å². The number of nitrogens with zero attached hydrogens (tertiary/aromatic N) is 1. The van der Waals surface area contributed by atoms with Gasteiger partial charge in [-0.25, -0.2) is 8.42 Å². The highest BCUT2D eigenvalue weighted by molar-refractivity contribution is 8.02. The lowest BCUT2D eigenvalue weighted by atomic mass is 10.2. The average molecular weight is 410 g/mol. The summed E-state index contributed by atoms with van der Waals surface area (Å²) in [5, 5.41) is 0.981. The zero-order valence-electron chi connectivity index (χ0n) is 13.7. The molecule has 4 nitrogen and oxygen atoms in total. The lowest BCUT2D eigenvalue weighted by Crippen LogP contribution is -2.38. The molecule has 1 amide bonds. The predicted molar refractivity (Wildman–Crippen MR) is 102 cm³/mol. The van der Waals surface area contributed by atoms with Crippen molar-refractivity contribution in [2.45, 2.75) is 38.1 Å². The fourth-order valence-corrected chi connectivity index (χ4v) is 6.41. The number of sulfone groups is 1. The molecule has 1 aliphatic heterocycles. The Balaban J connectivity index is 1.96. The van der Waals surface area contributed by atoms with Gasteiger partial charge in [0.25, 0.3) is 0 Å². The number of hydrogen-bond acceptors (Lipinski definition) is 4. The van der Waals surface area contributed by atoms with E-state index in [1.165, 1.54) is 11.8 Å². The van der Waals surface area contributed by atoms with E-state index < -0.39 is 9.84 Å². The van der Waals surface area contributed by atoms with Gasteiger partial charge in [-0.3, -0.25) is 4.79 Å². The van der Waals surface area contributed by atoms with Gasteiger partial charge in [0.15, 0.2) is 9.84 Å². The molecule has 1 heterocycles. The standard InChI is InChI=1S/C16H21Cl2NO3S2/c1-11(2)19(8-12-3-4-14(17)15(18)7-12)16(20)9-23-13-5-6-24(21,22)10-13/h3-4,7,11,13H,5-6,8-10H2,1-2H3. The van der Waals surface area contributed by atoms with Gasteiger partial charge in [-0.1, -0.05) is 29.3 Å². The largest absolute Gasteiger partial charge is 0.335 e. The number of rotatable bonds is 6. The number of halogens is 2. The van der Waals surface area contributed by atoms with Crippen LogP contribution in [0, 0.1) is 0 Å². The molecule has 0 aromatic heterocycles. The summed E-state index contributed by atoms with van der Waals surface area (Å²) in [5.41, 5.74) is 0.917. The van der Waals surface area contributed by atoms with Gasteiger partial charge in [-0.15, -0.1) is 11.8 Å². The molecule has 0 N–H and O–H groups in total. The van der Waals surface area contributed by atoms with E-state index in [-0.39, 0.29) is 28.7 Å². The first-order chi connectivity index (χ1) is 11.2. The SMILES string of the molecule is CC(C)N(Cc1ccc(Cl)c(Cl)c1)C(=O)CSC1CCS(=O)(=O)C1. The molecule has 8 heteroatoms. The van der Waals surface area contributed by atoms with Crippen molar-refractivity contribution in [3.63, 3.8) is 0 Å². The Morgan fingerprint density at radius 3 is 2.58 bits per heavy atom. The summed E-state index contributed by atoms with van der Waals surface area (Å²) in [6, 6.07) is 5.39. The molecular formula is C16H21Cl2NO3S2. The van der Waals surface area contributed by atoms with Gasteiger partial charge in [-0.2, -0.15) is 0 Å². The van der Waals surface area contributed by atoms with E-state index in [0.717, 1.165) is 5.56 Å². The molecule has 24 heavy (non-hydrogen) atoms. The second-order valence-corrected chi connectivity index (χ2v) is 10.5. The van der Waals surface area contributed by atoms with Crippen molar-refractivity contribution in [2.75, 3.05) is 17.3 Å². The highest BCUT2D eigenvalue weighted by atomic mass is 35.5. The van der Waals surface area contributed by atoms with E-state index >= 15 is 0 Å². The molecule has 1 aliphatic rings. The predicted octanol–water partition coefficient (Wildman–Crippen LogP) is 3.65. The Hall–Kier alpha value is -0.430. The molecule has 0 spiro atoms. The maximum Gasteiger partial charge on any atom is 0.233 e. The second-order valence-electron chi connectivity index (χ2n) is 6.20. The molecule has 0 saturated carbocycles. The zero-order chi connectivity index (χ0) is 17.9. The van der Waals surface area contributed by atoms with Gasteiger partial charge >= 0.3 is 0 Å². The van der Waals surface area contributed by atoms with E-state index in [2.05, 4.69) is 0 Å². The number of amides is 1. The monoisotopic (exact) mass is 409 g/mol. The minimum Gasteiger partial charge on any atom is -0.335 e. The van der Waals surface area contributed by atoms with E-state index in [9.17, 15) is 13.2 Å². The maximum atomic E-state index is 12.6. The van der Waals surface area contributed by atoms with Gasteiger partial charge in [0.2, 0.25) is 5.91 Å². The lowest BCUT2D eigenvalue weighted by Gasteiger charge is -2.27. The highest BCUT2D eigenvalue weighted by Crippen LogP contribution is 2.26. The molecule has 1 atom stereocenters. The summed E-state index contributed by atoms with van der Waals surface area (Å²) in [7, 11) is -2.91. The summed E-state index contributed by atoms with van der Waals surface area (Å²) < 4.78 is 23.0. The normalized spacial score (nSPS) is 19.6. The van der Waals surface area contributed by atoms with Crippen molar-refractivity contribution in [3.8, 4) is 0 Å². The van der Waals surface area contributed by atoms with Crippen LogP contribution >= 0.6 is 35.0 Å². The number of carbonyl (C=O) groups is 1. The van der Waals surface area contributed by atoms with Gasteiger partial charge in [0.05, 0.1) is 27.3 Å². The third-order valence-corrected chi connectivity index (χ3v) is 7.92. The van der Waals surface area contributed by atoms with Crippen molar-refractivity contribution < 1.29 is 13.2 Å². The van der Waals surface area contributed by atoms with Crippen LogP contribution in [0.2, 0.25) is 10.0 Å². The summed E-state index contributed by atoms with van der Waals surface area (Å²) in [6.45, 7) is 4.37. The maximum absolute atomic E-state index is 12.6. The van der Waals surface area contributed by atoms with Crippen LogP contribution < -0.4 is 0 Å². The van der Waals surface area contributed by atoms with Crippen LogP contribution in [0.3, 0.4) is 0 Å². The molecule has 1 fully saturated rings. The third-order valence-electron chi connectivity index (χ3n) is 3.91. The molecular weight excluding hydrogens is 389 g/mol. The summed E-state index contributed by atoms with van der Waals surface area (Å²) in [5.74, 6) is 0.708. The lowest BCUT2D eigenvalue weighted by molar-refractivity contribution is -0.130. The van der Waals surface area contributed by atoms with Crippen molar-refractivity contribution in [2.24, 2.45) is 0 Å². The Bertz CT molecular complexity index is 707. The fraction of sp³-hybridized carbons (Fsp3) is 0.562. The van der Waals surface area contributed by atoms with E-state index in [4.69, 9.17) is 23.2 Å². The van der Waals surface area contributed by atoms with E-state index in [1.807, 2.05) is 19.9 Å². The van der Waals surface area contributed by atoms with Crippen LogP contribution in [-0.2, 0) is 21.2 Å². The zero-order valence-corrected chi connectivity index (χ0v) is 16.8. The van der Waals surface area contributed by atoms with Crippen LogP contribution in [0.5, 0.6) is 0 Å².